The summed E-state index contributed by atoms with van der Waals surface area (Å²) in [5.41, 5.74) is 6.61. The van der Waals surface area contributed by atoms with Gasteiger partial charge >= 0.3 is 0 Å². The highest BCUT2D eigenvalue weighted by Crippen LogP contribution is 2.13. The second-order valence-electron chi connectivity index (χ2n) is 4.86. The van der Waals surface area contributed by atoms with Crippen LogP contribution in [0.15, 0.2) is 23.0 Å². The Hall–Kier alpha value is -2.08. The molecule has 0 aliphatic rings. The largest absolute Gasteiger partial charge is 0.399 e. The van der Waals surface area contributed by atoms with Crippen LogP contribution in [0.5, 0.6) is 0 Å². The SMILES string of the molecule is CCC(CCO)CNc1nc2ccc(N)cc2c(=O)[nH]1. The number of aliphatic hydroxyl groups excluding tert-OH is 1. The molecule has 0 fully saturated rings. The van der Waals surface area contributed by atoms with Gasteiger partial charge in [-0.15, -0.1) is 0 Å². The minimum absolute atomic E-state index is 0.168. The molecule has 1 aromatic carbocycles. The van der Waals surface area contributed by atoms with E-state index in [0.29, 0.717) is 35.0 Å². The van der Waals surface area contributed by atoms with Crippen molar-refractivity contribution in [2.45, 2.75) is 19.8 Å². The lowest BCUT2D eigenvalue weighted by atomic mass is 10.0. The minimum atomic E-state index is -0.208. The predicted molar refractivity (Wildman–Crippen MR) is 80.7 cm³/mol. The zero-order valence-corrected chi connectivity index (χ0v) is 11.5. The zero-order valence-electron chi connectivity index (χ0n) is 11.5. The van der Waals surface area contributed by atoms with Gasteiger partial charge in [0.25, 0.3) is 5.56 Å². The Bertz CT molecular complexity index is 639. The number of hydrogen-bond donors (Lipinski definition) is 4. The number of aliphatic hydroxyl groups is 1. The Morgan fingerprint density at radius 3 is 3.00 bits per heavy atom. The van der Waals surface area contributed by atoms with Gasteiger partial charge in [0.2, 0.25) is 5.95 Å². The number of anilines is 2. The van der Waals surface area contributed by atoms with Crippen molar-refractivity contribution in [3.63, 3.8) is 0 Å². The fourth-order valence-corrected chi connectivity index (χ4v) is 2.11. The van der Waals surface area contributed by atoms with Crippen LogP contribution in [0.4, 0.5) is 11.6 Å². The number of nitrogens with one attached hydrogen (secondary N) is 2. The van der Waals surface area contributed by atoms with E-state index >= 15 is 0 Å². The van der Waals surface area contributed by atoms with Gasteiger partial charge in [0.15, 0.2) is 0 Å². The lowest BCUT2D eigenvalue weighted by Crippen LogP contribution is -2.19. The molecule has 6 nitrogen and oxygen atoms in total. The smallest absolute Gasteiger partial charge is 0.260 e. The van der Waals surface area contributed by atoms with Gasteiger partial charge in [-0.05, 0) is 30.5 Å². The molecule has 0 spiro atoms. The molecule has 1 unspecified atom stereocenters. The van der Waals surface area contributed by atoms with Crippen LogP contribution in [0.1, 0.15) is 19.8 Å². The Labute approximate surface area is 117 Å². The molecular weight excluding hydrogens is 256 g/mol. The summed E-state index contributed by atoms with van der Waals surface area (Å²) in [5.74, 6) is 0.802. The van der Waals surface area contributed by atoms with Crippen LogP contribution in [0, 0.1) is 5.92 Å². The van der Waals surface area contributed by atoms with E-state index < -0.39 is 0 Å². The van der Waals surface area contributed by atoms with Crippen LogP contribution >= 0.6 is 0 Å². The van der Waals surface area contributed by atoms with Crippen molar-refractivity contribution in [1.29, 1.82) is 0 Å². The number of hydrogen-bond acceptors (Lipinski definition) is 5. The third kappa shape index (κ3) is 3.27. The lowest BCUT2D eigenvalue weighted by molar-refractivity contribution is 0.258. The third-order valence-electron chi connectivity index (χ3n) is 3.40. The summed E-state index contributed by atoms with van der Waals surface area (Å²) in [7, 11) is 0. The highest BCUT2D eigenvalue weighted by molar-refractivity contribution is 5.81. The van der Waals surface area contributed by atoms with Crippen molar-refractivity contribution in [2.24, 2.45) is 5.92 Å². The molecule has 0 saturated heterocycles. The Balaban J connectivity index is 2.19. The van der Waals surface area contributed by atoms with Gasteiger partial charge in [0.05, 0.1) is 10.9 Å². The first kappa shape index (κ1) is 14.3. The van der Waals surface area contributed by atoms with Crippen LogP contribution in [0.2, 0.25) is 0 Å². The molecule has 6 heteroatoms. The second-order valence-corrected chi connectivity index (χ2v) is 4.86. The average molecular weight is 276 g/mol. The number of benzene rings is 1. The summed E-state index contributed by atoms with van der Waals surface area (Å²) in [6, 6.07) is 5.07. The molecule has 1 atom stereocenters. The summed E-state index contributed by atoms with van der Waals surface area (Å²) >= 11 is 0. The lowest BCUT2D eigenvalue weighted by Gasteiger charge is -2.14. The number of aromatic amines is 1. The third-order valence-corrected chi connectivity index (χ3v) is 3.40. The first-order valence-electron chi connectivity index (χ1n) is 6.78. The van der Waals surface area contributed by atoms with Gasteiger partial charge in [0.1, 0.15) is 0 Å². The van der Waals surface area contributed by atoms with Gasteiger partial charge < -0.3 is 16.2 Å². The van der Waals surface area contributed by atoms with E-state index in [1.807, 2.05) is 0 Å². The number of nitrogens with two attached hydrogens (primary N) is 1. The molecule has 0 bridgehead atoms. The van der Waals surface area contributed by atoms with Crippen molar-refractivity contribution in [3.8, 4) is 0 Å². The predicted octanol–water partition coefficient (Wildman–Crippen LogP) is 1.33. The molecule has 5 N–H and O–H groups in total. The monoisotopic (exact) mass is 276 g/mol. The number of fused-ring (bicyclic) bond motifs is 1. The van der Waals surface area contributed by atoms with E-state index in [2.05, 4.69) is 22.2 Å². The van der Waals surface area contributed by atoms with E-state index in [-0.39, 0.29) is 12.2 Å². The summed E-state index contributed by atoms with van der Waals surface area (Å²) < 4.78 is 0. The quantitative estimate of drug-likeness (QED) is 0.596. The van der Waals surface area contributed by atoms with Gasteiger partial charge in [0, 0.05) is 18.8 Å². The highest BCUT2D eigenvalue weighted by atomic mass is 16.3. The standard InChI is InChI=1S/C14H20N4O2/c1-2-9(5-6-19)8-16-14-17-12-4-3-10(15)7-11(12)13(20)18-14/h3-4,7,9,19H,2,5-6,8,15H2,1H3,(H2,16,17,18,20). The molecule has 0 aliphatic heterocycles. The van der Waals surface area contributed by atoms with E-state index in [1.54, 1.807) is 18.2 Å². The molecule has 0 aliphatic carbocycles. The second kappa shape index (κ2) is 6.38. The topological polar surface area (TPSA) is 104 Å². The van der Waals surface area contributed by atoms with Gasteiger partial charge in [-0.1, -0.05) is 13.3 Å². The molecule has 1 aromatic heterocycles. The van der Waals surface area contributed by atoms with E-state index in [0.717, 1.165) is 12.8 Å². The van der Waals surface area contributed by atoms with Crippen LogP contribution in [0.3, 0.4) is 0 Å². The number of nitrogen functional groups attached to an aromatic ring is 1. The number of aromatic nitrogens is 2. The summed E-state index contributed by atoms with van der Waals surface area (Å²) in [6.45, 7) is 2.91. The Morgan fingerprint density at radius 1 is 1.50 bits per heavy atom. The molecule has 0 radical (unpaired) electrons. The average Bonchev–Trinajstić information content (AvgIpc) is 2.44. The maximum absolute atomic E-state index is 12.0. The molecule has 0 saturated carbocycles. The number of rotatable bonds is 6. The first-order valence-corrected chi connectivity index (χ1v) is 6.78. The van der Waals surface area contributed by atoms with Crippen LogP contribution in [0.25, 0.3) is 10.9 Å². The van der Waals surface area contributed by atoms with Crippen molar-refractivity contribution in [3.05, 3.63) is 28.6 Å². The van der Waals surface area contributed by atoms with Crippen molar-refractivity contribution < 1.29 is 5.11 Å². The maximum Gasteiger partial charge on any atom is 0.260 e. The van der Waals surface area contributed by atoms with Crippen molar-refractivity contribution in [2.75, 3.05) is 24.2 Å². The summed E-state index contributed by atoms with van der Waals surface area (Å²) in [4.78, 5) is 19.0. The maximum atomic E-state index is 12.0. The van der Waals surface area contributed by atoms with Crippen LogP contribution in [-0.4, -0.2) is 28.2 Å². The molecule has 2 rings (SSSR count). The van der Waals surface area contributed by atoms with Crippen molar-refractivity contribution >= 4 is 22.5 Å². The molecule has 108 valence electrons. The molecule has 20 heavy (non-hydrogen) atoms. The number of nitrogens with zero attached hydrogens (tertiary/aromatic N) is 1. The van der Waals surface area contributed by atoms with Gasteiger partial charge in [-0.3, -0.25) is 9.78 Å². The molecular formula is C14H20N4O2. The van der Waals surface area contributed by atoms with Crippen molar-refractivity contribution in [1.82, 2.24) is 9.97 Å². The summed E-state index contributed by atoms with van der Waals surface area (Å²) in [6.07, 6.45) is 1.69. The normalized spacial score (nSPS) is 12.5. The molecule has 0 amide bonds. The van der Waals surface area contributed by atoms with E-state index in [4.69, 9.17) is 10.8 Å². The first-order chi connectivity index (χ1) is 9.63. The van der Waals surface area contributed by atoms with Gasteiger partial charge in [-0.2, -0.15) is 0 Å². The zero-order chi connectivity index (χ0) is 14.5. The molecule has 2 aromatic rings. The number of H-pyrrole nitrogens is 1. The van der Waals surface area contributed by atoms with E-state index in [1.165, 1.54) is 0 Å². The highest BCUT2D eigenvalue weighted by Gasteiger charge is 2.08. The van der Waals surface area contributed by atoms with E-state index in [9.17, 15) is 4.79 Å². The van der Waals surface area contributed by atoms with Crippen LogP contribution < -0.4 is 16.6 Å². The Kier molecular flexibility index (Phi) is 4.57. The minimum Gasteiger partial charge on any atom is -0.399 e. The van der Waals surface area contributed by atoms with Crippen LogP contribution in [-0.2, 0) is 0 Å². The fourth-order valence-electron chi connectivity index (χ4n) is 2.11. The summed E-state index contributed by atoms with van der Waals surface area (Å²) in [5, 5.41) is 12.6. The van der Waals surface area contributed by atoms with Gasteiger partial charge in [-0.25, -0.2) is 4.98 Å². The fraction of sp³-hybridized carbons (Fsp3) is 0.429. The molecule has 1 heterocycles. The Morgan fingerprint density at radius 2 is 2.30 bits per heavy atom.